The molecule has 1 aliphatic carbocycles. The normalized spacial score (nSPS) is 25.4. The third-order valence-electron chi connectivity index (χ3n) is 3.94. The van der Waals surface area contributed by atoms with Gasteiger partial charge in [0.25, 0.3) is 5.91 Å². The fraction of sp³-hybridized carbons (Fsp3) is 0.467. The summed E-state index contributed by atoms with van der Waals surface area (Å²) in [5, 5.41) is 12.1. The number of halogens is 2. The molecule has 0 saturated heterocycles. The van der Waals surface area contributed by atoms with Crippen molar-refractivity contribution in [1.29, 1.82) is 0 Å². The van der Waals surface area contributed by atoms with Gasteiger partial charge in [-0.3, -0.25) is 4.79 Å². The van der Waals surface area contributed by atoms with Crippen molar-refractivity contribution < 1.29 is 19.1 Å². The topological polar surface area (TPSA) is 66.4 Å². The summed E-state index contributed by atoms with van der Waals surface area (Å²) < 4.78 is 13.0. The quantitative estimate of drug-likeness (QED) is 0.900. The SMILES string of the molecule is CC1CCCC(NC(=O)c2ccc(F)cc2Cl)(C(=O)O)C1. The van der Waals surface area contributed by atoms with Crippen LogP contribution in [0, 0.1) is 11.7 Å². The number of hydrogen-bond acceptors (Lipinski definition) is 2. The molecule has 1 aromatic carbocycles. The molecule has 2 rings (SSSR count). The summed E-state index contributed by atoms with van der Waals surface area (Å²) >= 11 is 5.85. The van der Waals surface area contributed by atoms with Gasteiger partial charge in [0.15, 0.2) is 0 Å². The second-order valence-electron chi connectivity index (χ2n) is 5.67. The van der Waals surface area contributed by atoms with Crippen LogP contribution in [0.15, 0.2) is 18.2 Å². The van der Waals surface area contributed by atoms with Crippen molar-refractivity contribution in [3.63, 3.8) is 0 Å². The van der Waals surface area contributed by atoms with Crippen LogP contribution >= 0.6 is 11.6 Å². The first-order valence-electron chi connectivity index (χ1n) is 6.85. The van der Waals surface area contributed by atoms with Gasteiger partial charge < -0.3 is 10.4 Å². The third kappa shape index (κ3) is 3.35. The lowest BCUT2D eigenvalue weighted by molar-refractivity contribution is -0.146. The van der Waals surface area contributed by atoms with Gasteiger partial charge in [-0.2, -0.15) is 0 Å². The first-order valence-corrected chi connectivity index (χ1v) is 7.23. The van der Waals surface area contributed by atoms with E-state index in [1.807, 2.05) is 6.92 Å². The summed E-state index contributed by atoms with van der Waals surface area (Å²) in [6, 6.07) is 3.42. The number of nitrogens with one attached hydrogen (secondary N) is 1. The highest BCUT2D eigenvalue weighted by atomic mass is 35.5. The van der Waals surface area contributed by atoms with Crippen molar-refractivity contribution in [2.75, 3.05) is 0 Å². The molecule has 1 saturated carbocycles. The molecule has 0 heterocycles. The van der Waals surface area contributed by atoms with Crippen LogP contribution in [0.4, 0.5) is 4.39 Å². The van der Waals surface area contributed by atoms with Gasteiger partial charge >= 0.3 is 5.97 Å². The zero-order valence-corrected chi connectivity index (χ0v) is 12.4. The smallest absolute Gasteiger partial charge is 0.329 e. The van der Waals surface area contributed by atoms with Crippen molar-refractivity contribution in [2.24, 2.45) is 5.92 Å². The van der Waals surface area contributed by atoms with E-state index in [9.17, 15) is 19.1 Å². The zero-order valence-electron chi connectivity index (χ0n) is 11.7. The number of carbonyl (C=O) groups is 2. The van der Waals surface area contributed by atoms with Gasteiger partial charge in [-0.05, 0) is 37.0 Å². The molecule has 0 aromatic heterocycles. The summed E-state index contributed by atoms with van der Waals surface area (Å²) in [4.78, 5) is 23.9. The van der Waals surface area contributed by atoms with Crippen LogP contribution < -0.4 is 5.32 Å². The van der Waals surface area contributed by atoms with E-state index in [1.165, 1.54) is 6.07 Å². The minimum absolute atomic E-state index is 0.0307. The van der Waals surface area contributed by atoms with E-state index in [2.05, 4.69) is 5.32 Å². The molecule has 1 amide bonds. The van der Waals surface area contributed by atoms with Gasteiger partial charge in [-0.25, -0.2) is 9.18 Å². The average Bonchev–Trinajstić information content (AvgIpc) is 2.38. The fourth-order valence-corrected chi connectivity index (χ4v) is 3.12. The summed E-state index contributed by atoms with van der Waals surface area (Å²) in [5.41, 5.74) is -1.19. The number of carboxylic acids is 1. The Morgan fingerprint density at radius 2 is 2.19 bits per heavy atom. The van der Waals surface area contributed by atoms with Gasteiger partial charge in [-0.15, -0.1) is 0 Å². The zero-order chi connectivity index (χ0) is 15.6. The highest BCUT2D eigenvalue weighted by molar-refractivity contribution is 6.33. The number of benzene rings is 1. The highest BCUT2D eigenvalue weighted by Gasteiger charge is 2.43. The Labute approximate surface area is 127 Å². The third-order valence-corrected chi connectivity index (χ3v) is 4.25. The van der Waals surface area contributed by atoms with Crippen LogP contribution in [0.1, 0.15) is 43.0 Å². The molecule has 6 heteroatoms. The molecule has 1 aromatic rings. The van der Waals surface area contributed by atoms with Crippen molar-refractivity contribution in [3.8, 4) is 0 Å². The fourth-order valence-electron chi connectivity index (χ4n) is 2.87. The van der Waals surface area contributed by atoms with Crippen LogP contribution in [0.25, 0.3) is 0 Å². The molecule has 2 atom stereocenters. The maximum absolute atomic E-state index is 13.0. The van der Waals surface area contributed by atoms with Gasteiger partial charge in [0.2, 0.25) is 0 Å². The van der Waals surface area contributed by atoms with E-state index in [0.29, 0.717) is 12.8 Å². The molecule has 4 nitrogen and oxygen atoms in total. The molecule has 0 spiro atoms. The maximum Gasteiger partial charge on any atom is 0.329 e. The molecule has 21 heavy (non-hydrogen) atoms. The van der Waals surface area contributed by atoms with Gasteiger partial charge in [0.05, 0.1) is 10.6 Å². The molecule has 2 unspecified atom stereocenters. The molecular formula is C15H17ClFNO3. The largest absolute Gasteiger partial charge is 0.480 e. The summed E-state index contributed by atoms with van der Waals surface area (Å²) in [6.45, 7) is 1.97. The standard InChI is InChI=1S/C15H17ClFNO3/c1-9-3-2-6-15(8-9,14(20)21)18-13(19)11-5-4-10(17)7-12(11)16/h4-5,7,9H,2-3,6,8H2,1H3,(H,18,19)(H,20,21). The Morgan fingerprint density at radius 1 is 1.48 bits per heavy atom. The molecule has 0 aliphatic heterocycles. The molecular weight excluding hydrogens is 297 g/mol. The van der Waals surface area contributed by atoms with Crippen molar-refractivity contribution in [2.45, 2.75) is 38.1 Å². The predicted molar refractivity (Wildman–Crippen MR) is 76.9 cm³/mol. The molecule has 0 radical (unpaired) electrons. The Morgan fingerprint density at radius 3 is 2.76 bits per heavy atom. The Bertz CT molecular complexity index is 578. The van der Waals surface area contributed by atoms with Crippen LogP contribution in [0.5, 0.6) is 0 Å². The lowest BCUT2D eigenvalue weighted by atomic mass is 9.76. The van der Waals surface area contributed by atoms with Gasteiger partial charge in [0, 0.05) is 0 Å². The van der Waals surface area contributed by atoms with E-state index in [0.717, 1.165) is 25.0 Å². The van der Waals surface area contributed by atoms with Crippen LogP contribution in [0.3, 0.4) is 0 Å². The number of carbonyl (C=O) groups excluding carboxylic acids is 1. The lowest BCUT2D eigenvalue weighted by Gasteiger charge is -2.37. The van der Waals surface area contributed by atoms with Gasteiger partial charge in [-0.1, -0.05) is 31.4 Å². The average molecular weight is 314 g/mol. The second kappa shape index (κ2) is 6.02. The number of rotatable bonds is 3. The monoisotopic (exact) mass is 313 g/mol. The number of aliphatic carboxylic acids is 1. The summed E-state index contributed by atoms with van der Waals surface area (Å²) in [5.74, 6) is -1.95. The molecule has 1 fully saturated rings. The second-order valence-corrected chi connectivity index (χ2v) is 6.07. The number of hydrogen-bond donors (Lipinski definition) is 2. The Balaban J connectivity index is 2.24. The maximum atomic E-state index is 13.0. The first kappa shape index (κ1) is 15.8. The lowest BCUT2D eigenvalue weighted by Crippen LogP contribution is -2.56. The van der Waals surface area contributed by atoms with E-state index in [4.69, 9.17) is 11.6 Å². The van der Waals surface area contributed by atoms with E-state index < -0.39 is 23.2 Å². The first-order chi connectivity index (χ1) is 9.84. The molecule has 1 aliphatic rings. The number of amides is 1. The molecule has 0 bridgehead atoms. The van der Waals surface area contributed by atoms with E-state index in [1.54, 1.807) is 0 Å². The molecule has 114 valence electrons. The van der Waals surface area contributed by atoms with Crippen molar-refractivity contribution in [3.05, 3.63) is 34.6 Å². The minimum atomic E-state index is -1.27. The Kier molecular flexibility index (Phi) is 4.52. The summed E-state index contributed by atoms with van der Waals surface area (Å²) in [6.07, 6.45) is 2.46. The van der Waals surface area contributed by atoms with Crippen molar-refractivity contribution >= 4 is 23.5 Å². The van der Waals surface area contributed by atoms with E-state index in [-0.39, 0.29) is 16.5 Å². The Hall–Kier alpha value is -1.62. The van der Waals surface area contributed by atoms with Crippen LogP contribution in [0.2, 0.25) is 5.02 Å². The van der Waals surface area contributed by atoms with Crippen molar-refractivity contribution in [1.82, 2.24) is 5.32 Å². The van der Waals surface area contributed by atoms with Gasteiger partial charge in [0.1, 0.15) is 11.4 Å². The number of carboxylic acid groups (broad SMARTS) is 1. The van der Waals surface area contributed by atoms with Crippen LogP contribution in [-0.2, 0) is 4.79 Å². The van der Waals surface area contributed by atoms with Crippen LogP contribution in [-0.4, -0.2) is 22.5 Å². The minimum Gasteiger partial charge on any atom is -0.480 e. The van der Waals surface area contributed by atoms with E-state index >= 15 is 0 Å². The predicted octanol–water partition coefficient (Wildman–Crippen LogP) is 3.24. The highest BCUT2D eigenvalue weighted by Crippen LogP contribution is 2.33. The summed E-state index contributed by atoms with van der Waals surface area (Å²) in [7, 11) is 0. The molecule has 2 N–H and O–H groups in total.